The number of alkyl halides is 2. The molecule has 0 spiro atoms. The Morgan fingerprint density at radius 3 is 2.56 bits per heavy atom. The molecule has 0 aliphatic carbocycles. The molecule has 6 heteroatoms. The molecule has 0 aliphatic heterocycles. The number of amides is 1. The molecule has 3 N–H and O–H groups in total. The molecule has 0 unspecified atom stereocenters. The van der Waals surface area contributed by atoms with Gasteiger partial charge < -0.3 is 11.1 Å². The third-order valence-electron chi connectivity index (χ3n) is 2.12. The molecule has 1 amide bonds. The van der Waals surface area contributed by atoms with Crippen molar-refractivity contribution in [3.8, 4) is 0 Å². The van der Waals surface area contributed by atoms with E-state index in [1.165, 1.54) is 12.2 Å². The van der Waals surface area contributed by atoms with Crippen LogP contribution in [0.3, 0.4) is 0 Å². The molecule has 0 fully saturated rings. The minimum Gasteiger partial charge on any atom is -0.346 e. The van der Waals surface area contributed by atoms with E-state index in [1.807, 2.05) is 0 Å². The molecule has 18 heavy (non-hydrogen) atoms. The molecule has 1 aromatic carbocycles. The summed E-state index contributed by atoms with van der Waals surface area (Å²) in [7, 11) is 0. The van der Waals surface area contributed by atoms with Crippen LogP contribution in [0.15, 0.2) is 30.3 Å². The maximum Gasteiger partial charge on any atom is 0.277 e. The predicted octanol–water partition coefficient (Wildman–Crippen LogP) is 2.06. The van der Waals surface area contributed by atoms with Crippen molar-refractivity contribution >= 4 is 23.6 Å². The Morgan fingerprint density at radius 2 is 2.00 bits per heavy atom. The first-order valence-corrected chi connectivity index (χ1v) is 5.60. The van der Waals surface area contributed by atoms with Gasteiger partial charge in [0.2, 0.25) is 5.91 Å². The van der Waals surface area contributed by atoms with Gasteiger partial charge in [0.25, 0.3) is 5.92 Å². The number of carbonyl (C=O) groups is 1. The third-order valence-corrected chi connectivity index (χ3v) is 2.37. The molecule has 0 saturated heterocycles. The van der Waals surface area contributed by atoms with Crippen LogP contribution in [0, 0.1) is 0 Å². The van der Waals surface area contributed by atoms with Crippen molar-refractivity contribution in [3.63, 3.8) is 0 Å². The first kappa shape index (κ1) is 14.6. The lowest BCUT2D eigenvalue weighted by atomic mass is 10.2. The summed E-state index contributed by atoms with van der Waals surface area (Å²) in [5.41, 5.74) is 5.59. The smallest absolute Gasteiger partial charge is 0.277 e. The lowest BCUT2D eigenvalue weighted by molar-refractivity contribution is -0.118. The zero-order chi connectivity index (χ0) is 13.6. The monoisotopic (exact) mass is 274 g/mol. The van der Waals surface area contributed by atoms with Crippen molar-refractivity contribution in [1.29, 1.82) is 0 Å². The van der Waals surface area contributed by atoms with Crippen LogP contribution in [0.2, 0.25) is 5.02 Å². The number of nitrogens with one attached hydrogen (secondary N) is 1. The number of benzene rings is 1. The Balaban J connectivity index is 2.47. The quantitative estimate of drug-likeness (QED) is 0.808. The SMILES string of the molecule is NCC(F)(F)CNC(=O)/C=C/c1ccc(Cl)cc1. The summed E-state index contributed by atoms with van der Waals surface area (Å²) < 4.78 is 25.5. The highest BCUT2D eigenvalue weighted by Gasteiger charge is 2.26. The largest absolute Gasteiger partial charge is 0.346 e. The van der Waals surface area contributed by atoms with Gasteiger partial charge in [0.15, 0.2) is 0 Å². The summed E-state index contributed by atoms with van der Waals surface area (Å²) in [5, 5.41) is 2.66. The van der Waals surface area contributed by atoms with Crippen molar-refractivity contribution < 1.29 is 13.6 Å². The van der Waals surface area contributed by atoms with Crippen LogP contribution in [-0.4, -0.2) is 24.9 Å². The highest BCUT2D eigenvalue weighted by Crippen LogP contribution is 2.11. The molecular weight excluding hydrogens is 262 g/mol. The number of carbonyl (C=O) groups excluding carboxylic acids is 1. The van der Waals surface area contributed by atoms with Crippen molar-refractivity contribution in [2.45, 2.75) is 5.92 Å². The average molecular weight is 275 g/mol. The van der Waals surface area contributed by atoms with E-state index in [9.17, 15) is 13.6 Å². The van der Waals surface area contributed by atoms with E-state index in [1.54, 1.807) is 24.3 Å². The molecule has 0 radical (unpaired) electrons. The average Bonchev–Trinajstić information content (AvgIpc) is 2.36. The second-order valence-corrected chi connectivity index (χ2v) is 4.10. The summed E-state index contributed by atoms with van der Waals surface area (Å²) in [5.74, 6) is -3.68. The van der Waals surface area contributed by atoms with Gasteiger partial charge in [0.05, 0.1) is 13.1 Å². The molecule has 0 heterocycles. The second-order valence-electron chi connectivity index (χ2n) is 3.66. The van der Waals surface area contributed by atoms with Gasteiger partial charge in [-0.25, -0.2) is 8.78 Å². The van der Waals surface area contributed by atoms with Crippen molar-refractivity contribution in [2.24, 2.45) is 5.73 Å². The molecule has 0 saturated carbocycles. The molecule has 0 bridgehead atoms. The van der Waals surface area contributed by atoms with Crippen LogP contribution in [0.25, 0.3) is 6.08 Å². The summed E-state index contributed by atoms with van der Waals surface area (Å²) in [4.78, 5) is 11.2. The highest BCUT2D eigenvalue weighted by atomic mass is 35.5. The van der Waals surface area contributed by atoms with Crippen LogP contribution < -0.4 is 11.1 Å². The van der Waals surface area contributed by atoms with E-state index in [2.05, 4.69) is 5.32 Å². The fraction of sp³-hybridized carbons (Fsp3) is 0.250. The first-order valence-electron chi connectivity index (χ1n) is 5.22. The standard InChI is InChI=1S/C12H13ClF2N2O/c13-10-4-1-9(2-5-10)3-6-11(18)17-8-12(14,15)7-16/h1-6H,7-8,16H2,(H,17,18)/b6-3+. The number of nitrogens with two attached hydrogens (primary N) is 1. The number of halogens is 3. The minimum atomic E-state index is -3.08. The minimum absolute atomic E-state index is 0.583. The van der Waals surface area contributed by atoms with Gasteiger partial charge in [0.1, 0.15) is 0 Å². The molecule has 0 aliphatic rings. The summed E-state index contributed by atoms with van der Waals surface area (Å²) in [6.07, 6.45) is 2.68. The van der Waals surface area contributed by atoms with Crippen LogP contribution in [-0.2, 0) is 4.79 Å². The number of hydrogen-bond acceptors (Lipinski definition) is 2. The van der Waals surface area contributed by atoms with Crippen LogP contribution in [0.4, 0.5) is 8.78 Å². The van der Waals surface area contributed by atoms with Crippen molar-refractivity contribution in [1.82, 2.24) is 5.32 Å². The molecule has 0 atom stereocenters. The zero-order valence-corrected chi connectivity index (χ0v) is 10.3. The first-order chi connectivity index (χ1) is 8.43. The Hall–Kier alpha value is -1.46. The summed E-state index contributed by atoms with van der Waals surface area (Å²) in [6, 6.07) is 6.75. The van der Waals surface area contributed by atoms with Crippen LogP contribution >= 0.6 is 11.6 Å². The Kier molecular flexibility index (Phi) is 5.25. The molecule has 1 aromatic rings. The van der Waals surface area contributed by atoms with E-state index < -0.39 is 24.9 Å². The number of rotatable bonds is 5. The van der Waals surface area contributed by atoms with E-state index >= 15 is 0 Å². The highest BCUT2D eigenvalue weighted by molar-refractivity contribution is 6.30. The zero-order valence-electron chi connectivity index (χ0n) is 9.50. The predicted molar refractivity (Wildman–Crippen MR) is 67.5 cm³/mol. The number of hydrogen-bond donors (Lipinski definition) is 2. The molecule has 3 nitrogen and oxygen atoms in total. The van der Waals surface area contributed by atoms with Gasteiger partial charge in [0, 0.05) is 11.1 Å². The Morgan fingerprint density at radius 1 is 1.39 bits per heavy atom. The fourth-order valence-electron chi connectivity index (χ4n) is 1.09. The third kappa shape index (κ3) is 5.25. The van der Waals surface area contributed by atoms with Crippen molar-refractivity contribution in [3.05, 3.63) is 40.9 Å². The van der Waals surface area contributed by atoms with E-state index in [4.69, 9.17) is 17.3 Å². The summed E-state index contributed by atoms with van der Waals surface area (Å²) in [6.45, 7) is -1.57. The van der Waals surface area contributed by atoms with E-state index in [0.29, 0.717) is 5.02 Å². The van der Waals surface area contributed by atoms with Crippen LogP contribution in [0.1, 0.15) is 5.56 Å². The second kappa shape index (κ2) is 6.47. The van der Waals surface area contributed by atoms with Crippen LogP contribution in [0.5, 0.6) is 0 Å². The van der Waals surface area contributed by atoms with Gasteiger partial charge in [-0.3, -0.25) is 4.79 Å². The molecule has 98 valence electrons. The molecular formula is C12H13ClF2N2O. The van der Waals surface area contributed by atoms with Gasteiger partial charge in [-0.2, -0.15) is 0 Å². The van der Waals surface area contributed by atoms with Gasteiger partial charge >= 0.3 is 0 Å². The van der Waals surface area contributed by atoms with E-state index in [0.717, 1.165) is 5.56 Å². The van der Waals surface area contributed by atoms with Gasteiger partial charge in [-0.1, -0.05) is 23.7 Å². The Bertz CT molecular complexity index is 432. The normalized spacial score (nSPS) is 11.8. The lowest BCUT2D eigenvalue weighted by Crippen LogP contribution is -2.41. The van der Waals surface area contributed by atoms with Gasteiger partial charge in [-0.05, 0) is 23.8 Å². The topological polar surface area (TPSA) is 55.1 Å². The van der Waals surface area contributed by atoms with Gasteiger partial charge in [-0.15, -0.1) is 0 Å². The van der Waals surface area contributed by atoms with Crippen molar-refractivity contribution in [2.75, 3.05) is 13.1 Å². The Labute approximate surface area is 109 Å². The maximum atomic E-state index is 12.7. The maximum absolute atomic E-state index is 12.7. The molecule has 0 aromatic heterocycles. The van der Waals surface area contributed by atoms with E-state index in [-0.39, 0.29) is 0 Å². The molecule has 1 rings (SSSR count). The fourth-order valence-corrected chi connectivity index (χ4v) is 1.22. The summed E-state index contributed by atoms with van der Waals surface area (Å²) >= 11 is 5.69. The lowest BCUT2D eigenvalue weighted by Gasteiger charge is -2.13.